The zero-order chi connectivity index (χ0) is 11.3. The van der Waals surface area contributed by atoms with Gasteiger partial charge in [0.15, 0.2) is 0 Å². The molecule has 3 nitrogen and oxygen atoms in total. The second-order valence-electron chi connectivity index (χ2n) is 3.71. The van der Waals surface area contributed by atoms with Crippen molar-refractivity contribution in [3.63, 3.8) is 0 Å². The van der Waals surface area contributed by atoms with Crippen molar-refractivity contribution >= 4 is 17.3 Å². The number of rotatable bonds is 6. The molecule has 1 unspecified atom stereocenters. The average molecular weight is 227 g/mol. The van der Waals surface area contributed by atoms with Gasteiger partial charge < -0.3 is 5.11 Å². The lowest BCUT2D eigenvalue weighted by Crippen LogP contribution is -2.23. The minimum absolute atomic E-state index is 0.251. The smallest absolute Gasteiger partial charge is 0.303 e. The molecule has 0 aliphatic carbocycles. The largest absolute Gasteiger partial charge is 0.481 e. The lowest BCUT2D eigenvalue weighted by molar-refractivity contribution is -0.137. The highest BCUT2D eigenvalue weighted by Crippen LogP contribution is 2.21. The summed E-state index contributed by atoms with van der Waals surface area (Å²) in [4.78, 5) is 12.5. The average Bonchev–Trinajstić information content (AvgIpc) is 2.68. The Morgan fingerprint density at radius 1 is 1.67 bits per heavy atom. The highest BCUT2D eigenvalue weighted by atomic mass is 32.1. The molecule has 1 heterocycles. The van der Waals surface area contributed by atoms with Crippen LogP contribution in [-0.4, -0.2) is 29.6 Å². The maximum atomic E-state index is 10.4. The number of thiophene rings is 1. The molecule has 1 aromatic rings. The van der Waals surface area contributed by atoms with Gasteiger partial charge in [-0.3, -0.25) is 9.69 Å². The van der Waals surface area contributed by atoms with Gasteiger partial charge in [0.25, 0.3) is 0 Å². The highest BCUT2D eigenvalue weighted by Gasteiger charge is 2.11. The van der Waals surface area contributed by atoms with Crippen LogP contribution in [0.5, 0.6) is 0 Å². The minimum Gasteiger partial charge on any atom is -0.481 e. The lowest BCUT2D eigenvalue weighted by atomic mass is 10.1. The molecule has 1 aromatic heterocycles. The van der Waals surface area contributed by atoms with E-state index in [9.17, 15) is 4.79 Å². The molecule has 0 radical (unpaired) electrons. The molecule has 0 aliphatic heterocycles. The first-order valence-corrected chi connectivity index (χ1v) is 5.99. The Hall–Kier alpha value is -0.870. The summed E-state index contributed by atoms with van der Waals surface area (Å²) in [5, 5.41) is 12.7. The van der Waals surface area contributed by atoms with Gasteiger partial charge in [-0.2, -0.15) is 11.3 Å². The maximum absolute atomic E-state index is 10.4. The van der Waals surface area contributed by atoms with Crippen LogP contribution in [0.2, 0.25) is 0 Å². The van der Waals surface area contributed by atoms with E-state index in [0.717, 1.165) is 6.54 Å². The fourth-order valence-corrected chi connectivity index (χ4v) is 2.19. The second kappa shape index (κ2) is 5.88. The van der Waals surface area contributed by atoms with E-state index in [2.05, 4.69) is 28.7 Å². The lowest BCUT2D eigenvalue weighted by Gasteiger charge is -2.23. The third kappa shape index (κ3) is 4.01. The summed E-state index contributed by atoms with van der Waals surface area (Å²) in [5.41, 5.74) is 1.30. The summed E-state index contributed by atoms with van der Waals surface area (Å²) in [6.07, 6.45) is 0.959. The molecule has 0 spiro atoms. The van der Waals surface area contributed by atoms with E-state index in [0.29, 0.717) is 12.5 Å². The Kier molecular flexibility index (Phi) is 4.78. The fourth-order valence-electron chi connectivity index (χ4n) is 1.44. The number of carbonyl (C=O) groups is 1. The number of hydrogen-bond donors (Lipinski definition) is 1. The molecule has 15 heavy (non-hydrogen) atoms. The number of carboxylic acids is 1. The first-order valence-electron chi connectivity index (χ1n) is 5.05. The molecule has 0 aliphatic rings. The van der Waals surface area contributed by atoms with Crippen LogP contribution in [0.1, 0.15) is 31.4 Å². The third-order valence-corrected chi connectivity index (χ3v) is 3.29. The summed E-state index contributed by atoms with van der Waals surface area (Å²) in [7, 11) is 2.03. The van der Waals surface area contributed by atoms with Gasteiger partial charge >= 0.3 is 5.97 Å². The van der Waals surface area contributed by atoms with Gasteiger partial charge in [0.2, 0.25) is 0 Å². The molecule has 84 valence electrons. The van der Waals surface area contributed by atoms with Crippen molar-refractivity contribution in [1.82, 2.24) is 4.90 Å². The van der Waals surface area contributed by atoms with Gasteiger partial charge in [0, 0.05) is 12.5 Å². The van der Waals surface area contributed by atoms with Crippen LogP contribution in [-0.2, 0) is 4.79 Å². The molecule has 0 saturated heterocycles. The molecule has 0 aromatic carbocycles. The van der Waals surface area contributed by atoms with Crippen LogP contribution in [0.4, 0.5) is 0 Å². The number of aliphatic carboxylic acids is 1. The molecule has 4 heteroatoms. The Bertz CT molecular complexity index is 298. The van der Waals surface area contributed by atoms with Crippen LogP contribution >= 0.6 is 11.3 Å². The molecule has 0 amide bonds. The van der Waals surface area contributed by atoms with Gasteiger partial charge in [-0.15, -0.1) is 0 Å². The van der Waals surface area contributed by atoms with Crippen molar-refractivity contribution in [2.45, 2.75) is 25.8 Å². The van der Waals surface area contributed by atoms with Crippen LogP contribution in [0.3, 0.4) is 0 Å². The van der Waals surface area contributed by atoms with Gasteiger partial charge in [0.05, 0.1) is 0 Å². The first-order chi connectivity index (χ1) is 7.11. The van der Waals surface area contributed by atoms with Gasteiger partial charge in [-0.25, -0.2) is 0 Å². The quantitative estimate of drug-likeness (QED) is 0.812. The SMILES string of the molecule is CC(c1ccsc1)N(C)CCCC(=O)O. The van der Waals surface area contributed by atoms with Crippen LogP contribution in [0, 0.1) is 0 Å². The second-order valence-corrected chi connectivity index (χ2v) is 4.49. The molecule has 0 bridgehead atoms. The number of carboxylic acid groups (broad SMARTS) is 1. The van der Waals surface area contributed by atoms with Gasteiger partial charge in [0.1, 0.15) is 0 Å². The Morgan fingerprint density at radius 2 is 2.40 bits per heavy atom. The predicted octanol–water partition coefficient (Wildman–Crippen LogP) is 2.61. The first kappa shape index (κ1) is 12.2. The topological polar surface area (TPSA) is 40.5 Å². The summed E-state index contributed by atoms with van der Waals surface area (Å²) in [5.74, 6) is -0.716. The Morgan fingerprint density at radius 3 is 2.93 bits per heavy atom. The van der Waals surface area contributed by atoms with E-state index in [1.807, 2.05) is 7.05 Å². The number of nitrogens with zero attached hydrogens (tertiary/aromatic N) is 1. The predicted molar refractivity (Wildman–Crippen MR) is 62.2 cm³/mol. The van der Waals surface area contributed by atoms with Crippen molar-refractivity contribution in [1.29, 1.82) is 0 Å². The minimum atomic E-state index is -0.716. The number of hydrogen-bond acceptors (Lipinski definition) is 3. The summed E-state index contributed by atoms with van der Waals surface area (Å²) in [6, 6.07) is 2.48. The van der Waals surface area contributed by atoms with E-state index in [1.54, 1.807) is 11.3 Å². The van der Waals surface area contributed by atoms with E-state index >= 15 is 0 Å². The molecule has 1 atom stereocenters. The summed E-state index contributed by atoms with van der Waals surface area (Å²) >= 11 is 1.69. The molecular weight excluding hydrogens is 210 g/mol. The third-order valence-electron chi connectivity index (χ3n) is 2.59. The van der Waals surface area contributed by atoms with Crippen molar-refractivity contribution in [3.05, 3.63) is 22.4 Å². The summed E-state index contributed by atoms with van der Waals surface area (Å²) in [6.45, 7) is 2.96. The summed E-state index contributed by atoms with van der Waals surface area (Å²) < 4.78 is 0. The molecular formula is C11H17NO2S. The van der Waals surface area contributed by atoms with E-state index < -0.39 is 5.97 Å². The van der Waals surface area contributed by atoms with E-state index in [1.165, 1.54) is 5.56 Å². The van der Waals surface area contributed by atoms with E-state index in [4.69, 9.17) is 5.11 Å². The van der Waals surface area contributed by atoms with Crippen molar-refractivity contribution in [2.75, 3.05) is 13.6 Å². The van der Waals surface area contributed by atoms with Gasteiger partial charge in [-0.05, 0) is 49.3 Å². The monoisotopic (exact) mass is 227 g/mol. The normalized spacial score (nSPS) is 13.0. The van der Waals surface area contributed by atoms with Crippen molar-refractivity contribution < 1.29 is 9.90 Å². The van der Waals surface area contributed by atoms with Crippen molar-refractivity contribution in [3.8, 4) is 0 Å². The Labute approximate surface area is 94.3 Å². The van der Waals surface area contributed by atoms with Gasteiger partial charge in [-0.1, -0.05) is 0 Å². The van der Waals surface area contributed by atoms with Crippen LogP contribution < -0.4 is 0 Å². The maximum Gasteiger partial charge on any atom is 0.303 e. The van der Waals surface area contributed by atoms with E-state index in [-0.39, 0.29) is 6.42 Å². The standard InChI is InChI=1S/C11H17NO2S/c1-9(10-5-7-15-8-10)12(2)6-3-4-11(13)14/h5,7-9H,3-4,6H2,1-2H3,(H,13,14). The zero-order valence-corrected chi connectivity index (χ0v) is 9.96. The van der Waals surface area contributed by atoms with Crippen molar-refractivity contribution in [2.24, 2.45) is 0 Å². The Balaban J connectivity index is 2.33. The molecule has 1 rings (SSSR count). The molecule has 0 saturated carbocycles. The molecule has 1 N–H and O–H groups in total. The van der Waals surface area contributed by atoms with Crippen LogP contribution in [0.25, 0.3) is 0 Å². The molecule has 0 fully saturated rings. The van der Waals surface area contributed by atoms with Crippen LogP contribution in [0.15, 0.2) is 16.8 Å². The zero-order valence-electron chi connectivity index (χ0n) is 9.14. The fraction of sp³-hybridized carbons (Fsp3) is 0.545. The highest BCUT2D eigenvalue weighted by molar-refractivity contribution is 7.07.